The SMILES string of the molecule is COc1cccc(CN2CCC(N)C(C)C2)c1O. The Morgan fingerprint density at radius 3 is 2.94 bits per heavy atom. The number of phenols is 1. The molecule has 0 aromatic heterocycles. The zero-order chi connectivity index (χ0) is 13.1. The van der Waals surface area contributed by atoms with Gasteiger partial charge in [-0.05, 0) is 24.9 Å². The summed E-state index contributed by atoms with van der Waals surface area (Å²) in [5, 5.41) is 10.1. The molecule has 1 aliphatic rings. The minimum atomic E-state index is 0.252. The zero-order valence-corrected chi connectivity index (χ0v) is 11.1. The number of aromatic hydroxyl groups is 1. The molecule has 0 radical (unpaired) electrons. The fourth-order valence-electron chi connectivity index (χ4n) is 2.49. The minimum Gasteiger partial charge on any atom is -0.504 e. The van der Waals surface area contributed by atoms with Gasteiger partial charge in [0.25, 0.3) is 0 Å². The molecule has 2 unspecified atom stereocenters. The van der Waals surface area contributed by atoms with Gasteiger partial charge in [0.2, 0.25) is 0 Å². The van der Waals surface area contributed by atoms with E-state index in [0.717, 1.165) is 31.6 Å². The average Bonchev–Trinajstić information content (AvgIpc) is 2.36. The lowest BCUT2D eigenvalue weighted by atomic mass is 9.94. The summed E-state index contributed by atoms with van der Waals surface area (Å²) in [7, 11) is 1.57. The van der Waals surface area contributed by atoms with Gasteiger partial charge in [0.1, 0.15) is 0 Å². The van der Waals surface area contributed by atoms with E-state index in [-0.39, 0.29) is 5.75 Å². The highest BCUT2D eigenvalue weighted by Crippen LogP contribution is 2.31. The molecular formula is C14H22N2O2. The highest BCUT2D eigenvalue weighted by Gasteiger charge is 2.23. The third kappa shape index (κ3) is 2.76. The summed E-state index contributed by atoms with van der Waals surface area (Å²) in [6.07, 6.45) is 1.02. The number of ether oxygens (including phenoxy) is 1. The molecule has 100 valence electrons. The molecule has 1 heterocycles. The summed E-state index contributed by atoms with van der Waals surface area (Å²) in [5.41, 5.74) is 6.93. The lowest BCUT2D eigenvalue weighted by Crippen LogP contribution is -2.45. The molecule has 1 fully saturated rings. The van der Waals surface area contributed by atoms with Crippen LogP contribution in [0.2, 0.25) is 0 Å². The number of nitrogens with two attached hydrogens (primary N) is 1. The van der Waals surface area contributed by atoms with Crippen LogP contribution in [0.15, 0.2) is 18.2 Å². The van der Waals surface area contributed by atoms with Crippen molar-refractivity contribution < 1.29 is 9.84 Å². The van der Waals surface area contributed by atoms with Crippen molar-refractivity contribution in [3.8, 4) is 11.5 Å². The van der Waals surface area contributed by atoms with Crippen LogP contribution in [-0.4, -0.2) is 36.2 Å². The highest BCUT2D eigenvalue weighted by molar-refractivity contribution is 5.45. The Kier molecular flexibility index (Phi) is 4.09. The number of hydrogen-bond acceptors (Lipinski definition) is 4. The number of likely N-dealkylation sites (tertiary alicyclic amines) is 1. The topological polar surface area (TPSA) is 58.7 Å². The molecule has 4 nitrogen and oxygen atoms in total. The number of rotatable bonds is 3. The lowest BCUT2D eigenvalue weighted by molar-refractivity contribution is 0.156. The predicted molar refractivity (Wildman–Crippen MR) is 71.7 cm³/mol. The van der Waals surface area contributed by atoms with Gasteiger partial charge < -0.3 is 15.6 Å². The number of methoxy groups -OCH3 is 1. The summed E-state index contributed by atoms with van der Waals surface area (Å²) < 4.78 is 5.12. The van der Waals surface area contributed by atoms with Crippen LogP contribution in [0.3, 0.4) is 0 Å². The Bertz CT molecular complexity index is 409. The van der Waals surface area contributed by atoms with Gasteiger partial charge in [-0.2, -0.15) is 0 Å². The van der Waals surface area contributed by atoms with Crippen molar-refractivity contribution >= 4 is 0 Å². The second-order valence-electron chi connectivity index (χ2n) is 5.13. The summed E-state index contributed by atoms with van der Waals surface area (Å²) in [4.78, 5) is 2.34. The molecule has 0 amide bonds. The lowest BCUT2D eigenvalue weighted by Gasteiger charge is -2.35. The van der Waals surface area contributed by atoms with Crippen LogP contribution < -0.4 is 10.5 Å². The summed E-state index contributed by atoms with van der Waals surface area (Å²) >= 11 is 0. The van der Waals surface area contributed by atoms with Crippen LogP contribution in [-0.2, 0) is 6.54 Å². The van der Waals surface area contributed by atoms with Gasteiger partial charge in [-0.25, -0.2) is 0 Å². The molecule has 1 aliphatic heterocycles. The second kappa shape index (κ2) is 5.59. The number of benzene rings is 1. The van der Waals surface area contributed by atoms with Gasteiger partial charge in [0.15, 0.2) is 11.5 Å². The first-order valence-electron chi connectivity index (χ1n) is 6.44. The third-order valence-electron chi connectivity index (χ3n) is 3.75. The van der Waals surface area contributed by atoms with Gasteiger partial charge in [0.05, 0.1) is 7.11 Å². The number of phenolic OH excluding ortho intramolecular Hbond substituents is 1. The Labute approximate surface area is 108 Å². The average molecular weight is 250 g/mol. The van der Waals surface area contributed by atoms with Crippen molar-refractivity contribution in [3.63, 3.8) is 0 Å². The molecular weight excluding hydrogens is 228 g/mol. The van der Waals surface area contributed by atoms with Crippen LogP contribution in [0.4, 0.5) is 0 Å². The smallest absolute Gasteiger partial charge is 0.162 e. The molecule has 2 rings (SSSR count). The molecule has 1 aromatic carbocycles. The highest BCUT2D eigenvalue weighted by atomic mass is 16.5. The maximum Gasteiger partial charge on any atom is 0.162 e. The zero-order valence-electron chi connectivity index (χ0n) is 11.1. The van der Waals surface area contributed by atoms with E-state index in [9.17, 15) is 5.11 Å². The number of hydrogen-bond donors (Lipinski definition) is 2. The van der Waals surface area contributed by atoms with E-state index in [1.165, 1.54) is 0 Å². The number of nitrogens with zero attached hydrogens (tertiary/aromatic N) is 1. The number of piperidine rings is 1. The van der Waals surface area contributed by atoms with Gasteiger partial charge >= 0.3 is 0 Å². The van der Waals surface area contributed by atoms with Crippen molar-refractivity contribution in [2.45, 2.75) is 25.9 Å². The van der Waals surface area contributed by atoms with Gasteiger partial charge in [-0.1, -0.05) is 19.1 Å². The molecule has 0 aliphatic carbocycles. The Morgan fingerprint density at radius 2 is 2.28 bits per heavy atom. The van der Waals surface area contributed by atoms with Crippen LogP contribution in [0.5, 0.6) is 11.5 Å². The van der Waals surface area contributed by atoms with E-state index in [0.29, 0.717) is 17.7 Å². The fraction of sp³-hybridized carbons (Fsp3) is 0.571. The van der Waals surface area contributed by atoms with Crippen molar-refractivity contribution in [2.75, 3.05) is 20.2 Å². The molecule has 18 heavy (non-hydrogen) atoms. The van der Waals surface area contributed by atoms with Crippen molar-refractivity contribution in [1.29, 1.82) is 0 Å². The molecule has 1 aromatic rings. The maximum atomic E-state index is 10.1. The maximum absolute atomic E-state index is 10.1. The van der Waals surface area contributed by atoms with Crippen LogP contribution in [0.25, 0.3) is 0 Å². The van der Waals surface area contributed by atoms with E-state index >= 15 is 0 Å². The first kappa shape index (κ1) is 13.2. The fourth-order valence-corrected chi connectivity index (χ4v) is 2.49. The second-order valence-corrected chi connectivity index (χ2v) is 5.13. The van der Waals surface area contributed by atoms with Crippen molar-refractivity contribution in [2.24, 2.45) is 11.7 Å². The minimum absolute atomic E-state index is 0.252. The van der Waals surface area contributed by atoms with Gasteiger partial charge in [-0.3, -0.25) is 4.90 Å². The summed E-state index contributed by atoms with van der Waals surface area (Å²) in [5.74, 6) is 1.29. The van der Waals surface area contributed by atoms with Crippen LogP contribution in [0.1, 0.15) is 18.9 Å². The number of para-hydroxylation sites is 1. The van der Waals surface area contributed by atoms with E-state index in [2.05, 4.69) is 11.8 Å². The predicted octanol–water partition coefficient (Wildman–Crippen LogP) is 1.57. The summed E-state index contributed by atoms with van der Waals surface area (Å²) in [6.45, 7) is 4.91. The normalized spacial score (nSPS) is 25.1. The molecule has 1 saturated heterocycles. The van der Waals surface area contributed by atoms with E-state index in [4.69, 9.17) is 10.5 Å². The molecule has 3 N–H and O–H groups in total. The van der Waals surface area contributed by atoms with Gasteiger partial charge in [-0.15, -0.1) is 0 Å². The van der Waals surface area contributed by atoms with Crippen molar-refractivity contribution in [3.05, 3.63) is 23.8 Å². The van der Waals surface area contributed by atoms with Gasteiger partial charge in [0, 0.05) is 24.7 Å². The third-order valence-corrected chi connectivity index (χ3v) is 3.75. The molecule has 2 atom stereocenters. The summed E-state index contributed by atoms with van der Waals surface area (Å²) in [6, 6.07) is 5.93. The molecule has 0 bridgehead atoms. The van der Waals surface area contributed by atoms with Crippen LogP contribution in [0, 0.1) is 5.92 Å². The van der Waals surface area contributed by atoms with E-state index < -0.39 is 0 Å². The monoisotopic (exact) mass is 250 g/mol. The Hall–Kier alpha value is -1.26. The largest absolute Gasteiger partial charge is 0.504 e. The molecule has 0 spiro atoms. The van der Waals surface area contributed by atoms with Crippen molar-refractivity contribution in [1.82, 2.24) is 4.90 Å². The first-order valence-corrected chi connectivity index (χ1v) is 6.44. The standard InChI is InChI=1S/C14H22N2O2/c1-10-8-16(7-6-12(10)15)9-11-4-3-5-13(18-2)14(11)17/h3-5,10,12,17H,6-9,15H2,1-2H3. The van der Waals surface area contributed by atoms with E-state index in [1.54, 1.807) is 13.2 Å². The van der Waals surface area contributed by atoms with Crippen LogP contribution >= 0.6 is 0 Å². The Balaban J connectivity index is 2.06. The molecule has 4 heteroatoms. The van der Waals surface area contributed by atoms with E-state index in [1.807, 2.05) is 12.1 Å². The molecule has 0 saturated carbocycles. The Morgan fingerprint density at radius 1 is 1.50 bits per heavy atom. The quantitative estimate of drug-likeness (QED) is 0.855. The first-order chi connectivity index (χ1) is 8.61.